The summed E-state index contributed by atoms with van der Waals surface area (Å²) >= 11 is 6.05. The second-order valence-electron chi connectivity index (χ2n) is 5.78. The highest BCUT2D eigenvalue weighted by Gasteiger charge is 2.33. The molecule has 0 saturated heterocycles. The first-order chi connectivity index (χ1) is 9.97. The monoisotopic (exact) mass is 310 g/mol. The van der Waals surface area contributed by atoms with E-state index in [1.54, 1.807) is 13.0 Å². The Bertz CT molecular complexity index is 554. The van der Waals surface area contributed by atoms with Crippen molar-refractivity contribution in [1.82, 2.24) is 5.32 Å². The Labute approximate surface area is 128 Å². The molecule has 1 aromatic carbocycles. The number of alkyl halides is 1. The molecular formula is C15H19ClN2O3. The van der Waals surface area contributed by atoms with Gasteiger partial charge in [0.25, 0.3) is 11.6 Å². The molecule has 1 N–H and O–H groups in total. The topological polar surface area (TPSA) is 72.2 Å². The van der Waals surface area contributed by atoms with Crippen LogP contribution in [0, 0.1) is 22.5 Å². The Morgan fingerprint density at radius 3 is 2.62 bits per heavy atom. The fourth-order valence-electron chi connectivity index (χ4n) is 2.85. The Hall–Kier alpha value is -1.62. The van der Waals surface area contributed by atoms with Gasteiger partial charge in [-0.05, 0) is 31.9 Å². The fraction of sp³-hybridized carbons (Fsp3) is 0.533. The summed E-state index contributed by atoms with van der Waals surface area (Å²) in [6.45, 7) is 2.19. The number of nitro groups is 1. The van der Waals surface area contributed by atoms with Crippen LogP contribution in [0.1, 0.15) is 41.6 Å². The molecular weight excluding hydrogens is 292 g/mol. The molecule has 0 aliphatic heterocycles. The summed E-state index contributed by atoms with van der Waals surface area (Å²) < 4.78 is 0. The lowest BCUT2D eigenvalue weighted by Gasteiger charge is -2.26. The number of halogens is 1. The maximum absolute atomic E-state index is 12.2. The van der Waals surface area contributed by atoms with Gasteiger partial charge in [0.1, 0.15) is 0 Å². The smallest absolute Gasteiger partial charge is 0.272 e. The van der Waals surface area contributed by atoms with E-state index in [0.717, 1.165) is 25.7 Å². The van der Waals surface area contributed by atoms with Crippen LogP contribution < -0.4 is 5.32 Å². The van der Waals surface area contributed by atoms with E-state index in [1.165, 1.54) is 12.1 Å². The van der Waals surface area contributed by atoms with E-state index in [2.05, 4.69) is 5.32 Å². The molecule has 21 heavy (non-hydrogen) atoms. The number of carbonyl (C=O) groups excluding carboxylic acids is 1. The Morgan fingerprint density at radius 1 is 1.43 bits per heavy atom. The number of benzene rings is 1. The zero-order chi connectivity index (χ0) is 15.5. The highest BCUT2D eigenvalue weighted by atomic mass is 35.5. The van der Waals surface area contributed by atoms with Gasteiger partial charge in [0.15, 0.2) is 0 Å². The molecule has 1 amide bonds. The Kier molecular flexibility index (Phi) is 4.83. The van der Waals surface area contributed by atoms with Gasteiger partial charge in [0, 0.05) is 35.0 Å². The summed E-state index contributed by atoms with van der Waals surface area (Å²) in [5.41, 5.74) is 0.966. The number of amides is 1. The van der Waals surface area contributed by atoms with E-state index < -0.39 is 4.92 Å². The molecule has 114 valence electrons. The van der Waals surface area contributed by atoms with Crippen LogP contribution in [0.25, 0.3) is 0 Å². The number of carbonyl (C=O) groups is 1. The fourth-order valence-corrected chi connectivity index (χ4v) is 3.22. The van der Waals surface area contributed by atoms with Gasteiger partial charge < -0.3 is 5.32 Å². The number of rotatable bonds is 5. The molecule has 2 rings (SSSR count). The van der Waals surface area contributed by atoms with Crippen LogP contribution in [0.15, 0.2) is 18.2 Å². The number of hydrogen-bond donors (Lipinski definition) is 1. The Balaban J connectivity index is 2.03. The number of aryl methyl sites for hydroxylation is 1. The molecule has 1 aliphatic carbocycles. The van der Waals surface area contributed by atoms with Crippen molar-refractivity contribution in [2.75, 3.05) is 12.4 Å². The molecule has 0 atom stereocenters. The average Bonchev–Trinajstić information content (AvgIpc) is 2.93. The van der Waals surface area contributed by atoms with E-state index in [4.69, 9.17) is 11.6 Å². The van der Waals surface area contributed by atoms with E-state index in [0.29, 0.717) is 23.6 Å². The van der Waals surface area contributed by atoms with Crippen molar-refractivity contribution < 1.29 is 9.72 Å². The highest BCUT2D eigenvalue weighted by molar-refractivity contribution is 6.18. The lowest BCUT2D eigenvalue weighted by molar-refractivity contribution is -0.385. The molecule has 5 nitrogen and oxygen atoms in total. The Morgan fingerprint density at radius 2 is 2.10 bits per heavy atom. The predicted molar refractivity (Wildman–Crippen MR) is 81.8 cm³/mol. The minimum Gasteiger partial charge on any atom is -0.351 e. The molecule has 0 heterocycles. The third-order valence-corrected chi connectivity index (χ3v) is 4.79. The van der Waals surface area contributed by atoms with Crippen LogP contribution >= 0.6 is 11.6 Å². The number of hydrogen-bond acceptors (Lipinski definition) is 3. The van der Waals surface area contributed by atoms with Crippen LogP contribution in [-0.2, 0) is 0 Å². The molecule has 1 aliphatic rings. The quantitative estimate of drug-likeness (QED) is 0.514. The van der Waals surface area contributed by atoms with Crippen LogP contribution in [-0.4, -0.2) is 23.3 Å². The van der Waals surface area contributed by atoms with E-state index in [9.17, 15) is 14.9 Å². The minimum atomic E-state index is -0.446. The summed E-state index contributed by atoms with van der Waals surface area (Å²) in [5, 5.41) is 13.7. The lowest BCUT2D eigenvalue weighted by atomic mass is 9.88. The normalized spacial score (nSPS) is 16.7. The molecule has 0 spiro atoms. The van der Waals surface area contributed by atoms with Crippen molar-refractivity contribution in [1.29, 1.82) is 0 Å². The van der Waals surface area contributed by atoms with Gasteiger partial charge in [0.05, 0.1) is 4.92 Å². The zero-order valence-electron chi connectivity index (χ0n) is 12.0. The van der Waals surface area contributed by atoms with Gasteiger partial charge in [-0.25, -0.2) is 0 Å². The molecule has 0 radical (unpaired) electrons. The van der Waals surface area contributed by atoms with E-state index >= 15 is 0 Å². The van der Waals surface area contributed by atoms with Crippen LogP contribution in [0.4, 0.5) is 5.69 Å². The van der Waals surface area contributed by atoms with Gasteiger partial charge >= 0.3 is 0 Å². The van der Waals surface area contributed by atoms with Gasteiger partial charge in [0.2, 0.25) is 0 Å². The van der Waals surface area contributed by atoms with E-state index in [1.807, 2.05) is 0 Å². The highest BCUT2D eigenvalue weighted by Crippen LogP contribution is 2.38. The lowest BCUT2D eigenvalue weighted by Crippen LogP contribution is -2.37. The summed E-state index contributed by atoms with van der Waals surface area (Å²) in [5.74, 6) is 0.344. The minimum absolute atomic E-state index is 0.00698. The number of nitrogens with zero attached hydrogens (tertiary/aromatic N) is 1. The first-order valence-electron chi connectivity index (χ1n) is 7.07. The summed E-state index contributed by atoms with van der Waals surface area (Å²) in [7, 11) is 0. The standard InChI is InChI=1S/C15H19ClN2O3/c1-11-8-12(4-5-13(11)18(20)21)14(19)17-10-15(9-16)6-2-3-7-15/h4-5,8H,2-3,6-7,9-10H2,1H3,(H,17,19). The number of nitrogens with one attached hydrogen (secondary N) is 1. The van der Waals surface area contributed by atoms with Crippen molar-refractivity contribution in [3.63, 3.8) is 0 Å². The first kappa shape index (κ1) is 15.8. The van der Waals surface area contributed by atoms with Gasteiger partial charge in [-0.15, -0.1) is 11.6 Å². The van der Waals surface area contributed by atoms with E-state index in [-0.39, 0.29) is 17.0 Å². The van der Waals surface area contributed by atoms with Crippen LogP contribution in [0.5, 0.6) is 0 Å². The maximum atomic E-state index is 12.2. The van der Waals surface area contributed by atoms with Crippen molar-refractivity contribution >= 4 is 23.2 Å². The summed E-state index contributed by atoms with van der Waals surface area (Å²) in [6.07, 6.45) is 4.38. The molecule has 0 bridgehead atoms. The zero-order valence-corrected chi connectivity index (χ0v) is 12.8. The second-order valence-corrected chi connectivity index (χ2v) is 6.05. The van der Waals surface area contributed by atoms with Crippen molar-refractivity contribution in [3.05, 3.63) is 39.4 Å². The third kappa shape index (κ3) is 3.53. The van der Waals surface area contributed by atoms with Crippen molar-refractivity contribution in [2.45, 2.75) is 32.6 Å². The summed E-state index contributed by atoms with van der Waals surface area (Å²) in [4.78, 5) is 22.5. The molecule has 1 saturated carbocycles. The maximum Gasteiger partial charge on any atom is 0.272 e. The van der Waals surface area contributed by atoms with Crippen molar-refractivity contribution in [3.8, 4) is 0 Å². The van der Waals surface area contributed by atoms with Crippen LogP contribution in [0.3, 0.4) is 0 Å². The molecule has 1 aromatic rings. The predicted octanol–water partition coefficient (Wildman–Crippen LogP) is 3.43. The molecule has 0 unspecified atom stereocenters. The average molecular weight is 311 g/mol. The summed E-state index contributed by atoms with van der Waals surface area (Å²) in [6, 6.07) is 4.41. The molecule has 1 fully saturated rings. The largest absolute Gasteiger partial charge is 0.351 e. The molecule has 0 aromatic heterocycles. The molecule has 6 heteroatoms. The SMILES string of the molecule is Cc1cc(C(=O)NCC2(CCl)CCCC2)ccc1[N+](=O)[O-]. The number of nitro benzene ring substituents is 1. The first-order valence-corrected chi connectivity index (χ1v) is 7.60. The van der Waals surface area contributed by atoms with Gasteiger partial charge in [-0.3, -0.25) is 14.9 Å². The van der Waals surface area contributed by atoms with Gasteiger partial charge in [-0.2, -0.15) is 0 Å². The van der Waals surface area contributed by atoms with Gasteiger partial charge in [-0.1, -0.05) is 12.8 Å². The third-order valence-electron chi connectivity index (χ3n) is 4.23. The van der Waals surface area contributed by atoms with Crippen molar-refractivity contribution in [2.24, 2.45) is 5.41 Å². The van der Waals surface area contributed by atoms with Crippen LogP contribution in [0.2, 0.25) is 0 Å². The second kappa shape index (κ2) is 6.43.